The zero-order valence-corrected chi connectivity index (χ0v) is 13.7. The van der Waals surface area contributed by atoms with Crippen LogP contribution in [0.3, 0.4) is 0 Å². The van der Waals surface area contributed by atoms with Crippen LogP contribution in [0.2, 0.25) is 0 Å². The van der Waals surface area contributed by atoms with E-state index in [0.29, 0.717) is 12.0 Å². The van der Waals surface area contributed by atoms with Crippen LogP contribution in [-0.2, 0) is 0 Å². The third-order valence-electron chi connectivity index (χ3n) is 5.44. The van der Waals surface area contributed by atoms with E-state index in [1.165, 1.54) is 16.8 Å². The molecule has 1 amide bonds. The highest BCUT2D eigenvalue weighted by Gasteiger charge is 2.40. The fourth-order valence-corrected chi connectivity index (χ4v) is 3.98. The molecule has 2 bridgehead atoms. The van der Waals surface area contributed by atoms with Crippen LogP contribution in [0.4, 0.5) is 9.18 Å². The molecule has 3 fully saturated rings. The second-order valence-corrected chi connectivity index (χ2v) is 6.77. The molecule has 0 aliphatic carbocycles. The molecule has 6 heteroatoms. The van der Waals surface area contributed by atoms with Gasteiger partial charge in [-0.3, -0.25) is 4.90 Å². The Morgan fingerprint density at radius 3 is 2.58 bits per heavy atom. The zero-order valence-electron chi connectivity index (χ0n) is 13.7. The summed E-state index contributed by atoms with van der Waals surface area (Å²) in [6.45, 7) is 4.45. The molecular weight excluding hydrogens is 307 g/mol. The average molecular weight is 328 g/mol. The number of piperidine rings is 3. The first-order valence-electron chi connectivity index (χ1n) is 8.47. The van der Waals surface area contributed by atoms with Gasteiger partial charge in [0.1, 0.15) is 5.82 Å². The summed E-state index contributed by atoms with van der Waals surface area (Å²) in [6, 6.07) is 6.53. The molecule has 1 aromatic heterocycles. The Hall–Kier alpha value is -2.21. The van der Waals surface area contributed by atoms with Gasteiger partial charge < -0.3 is 5.32 Å². The van der Waals surface area contributed by atoms with E-state index in [1.807, 2.05) is 0 Å². The quantitative estimate of drug-likeness (QED) is 0.922. The van der Waals surface area contributed by atoms with Crippen LogP contribution in [0, 0.1) is 11.7 Å². The van der Waals surface area contributed by atoms with Crippen LogP contribution >= 0.6 is 0 Å². The van der Waals surface area contributed by atoms with Gasteiger partial charge in [0.2, 0.25) is 0 Å². The van der Waals surface area contributed by atoms with E-state index in [4.69, 9.17) is 0 Å². The van der Waals surface area contributed by atoms with E-state index < -0.39 is 0 Å². The molecule has 2 aromatic rings. The summed E-state index contributed by atoms with van der Waals surface area (Å²) in [7, 11) is 0. The number of fused-ring (bicyclic) bond motifs is 3. The number of aromatic nitrogens is 2. The van der Waals surface area contributed by atoms with Crippen LogP contribution in [0.15, 0.2) is 36.7 Å². The summed E-state index contributed by atoms with van der Waals surface area (Å²) in [5.74, 6) is 0.279. The lowest BCUT2D eigenvalue weighted by atomic mass is 9.79. The Morgan fingerprint density at radius 2 is 1.92 bits per heavy atom. The molecule has 0 radical (unpaired) electrons. The summed E-state index contributed by atoms with van der Waals surface area (Å²) < 4.78 is 14.4. The number of carbonyl (C=O) groups is 1. The first-order valence-corrected chi connectivity index (χ1v) is 8.47. The van der Waals surface area contributed by atoms with Gasteiger partial charge in [-0.25, -0.2) is 9.18 Å². The number of amides is 1. The Labute approximate surface area is 140 Å². The molecular formula is C18H21FN4O. The summed E-state index contributed by atoms with van der Waals surface area (Å²) in [6.07, 6.45) is 5.62. The number of benzene rings is 1. The minimum absolute atomic E-state index is 0.179. The third kappa shape index (κ3) is 2.71. The lowest BCUT2D eigenvalue weighted by Gasteiger charge is -2.49. The maximum Gasteiger partial charge on any atom is 0.342 e. The highest BCUT2D eigenvalue weighted by atomic mass is 19.1. The molecule has 0 spiro atoms. The van der Waals surface area contributed by atoms with Crippen molar-refractivity contribution in [3.63, 3.8) is 0 Å². The Morgan fingerprint density at radius 1 is 1.21 bits per heavy atom. The van der Waals surface area contributed by atoms with Gasteiger partial charge in [-0.05, 0) is 56.5 Å². The molecule has 5 nitrogen and oxygen atoms in total. The summed E-state index contributed by atoms with van der Waals surface area (Å²) in [5.41, 5.74) is 1.64. The predicted molar refractivity (Wildman–Crippen MR) is 89.1 cm³/mol. The number of carbonyl (C=O) groups excluding carboxylic acids is 1. The predicted octanol–water partition coefficient (Wildman–Crippen LogP) is 2.73. The highest BCUT2D eigenvalue weighted by molar-refractivity contribution is 5.78. The van der Waals surface area contributed by atoms with Crippen LogP contribution < -0.4 is 5.32 Å². The van der Waals surface area contributed by atoms with E-state index in [-0.39, 0.29) is 17.9 Å². The van der Waals surface area contributed by atoms with E-state index in [2.05, 4.69) is 22.2 Å². The number of nitrogens with zero attached hydrogens (tertiary/aromatic N) is 3. The summed E-state index contributed by atoms with van der Waals surface area (Å²) in [5, 5.41) is 7.31. The molecule has 1 aromatic carbocycles. The smallest absolute Gasteiger partial charge is 0.332 e. The van der Waals surface area contributed by atoms with E-state index >= 15 is 0 Å². The molecule has 2 atom stereocenters. The monoisotopic (exact) mass is 328 g/mol. The zero-order chi connectivity index (χ0) is 16.7. The molecule has 0 saturated carbocycles. The van der Waals surface area contributed by atoms with E-state index in [9.17, 15) is 9.18 Å². The van der Waals surface area contributed by atoms with E-state index in [1.54, 1.807) is 24.5 Å². The highest BCUT2D eigenvalue weighted by Crippen LogP contribution is 2.32. The van der Waals surface area contributed by atoms with Crippen molar-refractivity contribution in [1.29, 1.82) is 0 Å². The van der Waals surface area contributed by atoms with Gasteiger partial charge in [0.25, 0.3) is 0 Å². The van der Waals surface area contributed by atoms with Gasteiger partial charge in [0.05, 0.1) is 6.20 Å². The van der Waals surface area contributed by atoms with E-state index in [0.717, 1.165) is 37.1 Å². The normalized spacial score (nSPS) is 28.8. The summed E-state index contributed by atoms with van der Waals surface area (Å²) in [4.78, 5) is 15.0. The molecule has 3 aliphatic rings. The fraction of sp³-hybridized carbons (Fsp3) is 0.444. The molecule has 3 saturated heterocycles. The van der Waals surface area contributed by atoms with Crippen molar-refractivity contribution in [1.82, 2.24) is 20.0 Å². The molecule has 0 unspecified atom stereocenters. The Kier molecular flexibility index (Phi) is 3.84. The second kappa shape index (κ2) is 6.02. The molecule has 5 rings (SSSR count). The molecule has 1 N–H and O–H groups in total. The van der Waals surface area contributed by atoms with Crippen molar-refractivity contribution in [3.8, 4) is 11.1 Å². The lowest BCUT2D eigenvalue weighted by Crippen LogP contribution is -2.62. The van der Waals surface area contributed by atoms with Gasteiger partial charge in [-0.15, -0.1) is 0 Å². The SMILES string of the molecule is C[C@@H]1[C@H](NC(=O)n2cc(-c3ccc(F)cc3)cn2)C2CCN1CC2. The van der Waals surface area contributed by atoms with Crippen molar-refractivity contribution >= 4 is 6.03 Å². The van der Waals surface area contributed by atoms with Crippen LogP contribution in [-0.4, -0.2) is 45.9 Å². The second-order valence-electron chi connectivity index (χ2n) is 6.77. The number of rotatable bonds is 2. The van der Waals surface area contributed by atoms with Gasteiger partial charge >= 0.3 is 6.03 Å². The molecule has 24 heavy (non-hydrogen) atoms. The van der Waals surface area contributed by atoms with Crippen LogP contribution in [0.5, 0.6) is 0 Å². The maximum absolute atomic E-state index is 13.0. The summed E-state index contributed by atoms with van der Waals surface area (Å²) >= 11 is 0. The van der Waals surface area contributed by atoms with Crippen LogP contribution in [0.1, 0.15) is 19.8 Å². The number of halogens is 1. The number of nitrogens with one attached hydrogen (secondary N) is 1. The lowest BCUT2D eigenvalue weighted by molar-refractivity contribution is 0.0266. The fourth-order valence-electron chi connectivity index (χ4n) is 3.98. The van der Waals surface area contributed by atoms with Crippen LogP contribution in [0.25, 0.3) is 11.1 Å². The van der Waals surface area contributed by atoms with Crippen molar-refractivity contribution in [2.24, 2.45) is 5.92 Å². The van der Waals surface area contributed by atoms with Gasteiger partial charge in [0, 0.05) is 23.8 Å². The first-order chi connectivity index (χ1) is 11.6. The Bertz CT molecular complexity index is 732. The number of hydrogen-bond acceptors (Lipinski definition) is 3. The van der Waals surface area contributed by atoms with Crippen molar-refractivity contribution in [2.75, 3.05) is 13.1 Å². The maximum atomic E-state index is 13.0. The first kappa shape index (κ1) is 15.3. The van der Waals surface area contributed by atoms with Crippen molar-refractivity contribution < 1.29 is 9.18 Å². The van der Waals surface area contributed by atoms with Crippen molar-refractivity contribution in [2.45, 2.75) is 31.8 Å². The molecule has 126 valence electrons. The minimum atomic E-state index is -0.278. The Balaban J connectivity index is 1.48. The van der Waals surface area contributed by atoms with Gasteiger partial charge in [-0.2, -0.15) is 9.78 Å². The van der Waals surface area contributed by atoms with Crippen molar-refractivity contribution in [3.05, 3.63) is 42.5 Å². The third-order valence-corrected chi connectivity index (χ3v) is 5.44. The molecule has 3 aliphatic heterocycles. The standard InChI is InChI=1S/C18H21FN4O/c1-12-17(14-6-8-22(12)9-7-14)21-18(24)23-11-15(10-20-23)13-2-4-16(19)5-3-13/h2-5,10-12,14,17H,6-9H2,1H3,(H,21,24)/t12-,17+/m1/s1. The largest absolute Gasteiger partial charge is 0.342 e. The minimum Gasteiger partial charge on any atom is -0.332 e. The van der Waals surface area contributed by atoms with Gasteiger partial charge in [0.15, 0.2) is 0 Å². The topological polar surface area (TPSA) is 50.2 Å². The molecule has 4 heterocycles. The average Bonchev–Trinajstić information content (AvgIpc) is 3.09. The van der Waals surface area contributed by atoms with Gasteiger partial charge in [-0.1, -0.05) is 12.1 Å². The number of hydrogen-bond donors (Lipinski definition) is 1.